The van der Waals surface area contributed by atoms with Crippen LogP contribution in [0.2, 0.25) is 0 Å². The number of rotatable bonds is 9. The van der Waals surface area contributed by atoms with Crippen LogP contribution in [0.25, 0.3) is 32.5 Å². The van der Waals surface area contributed by atoms with Gasteiger partial charge in [0.15, 0.2) is 0 Å². The number of aromatic nitrogens is 1. The third kappa shape index (κ3) is 5.71. The van der Waals surface area contributed by atoms with Crippen molar-refractivity contribution in [1.82, 2.24) is 10.3 Å². The van der Waals surface area contributed by atoms with E-state index in [1.54, 1.807) is 12.4 Å². The molecule has 0 bridgehead atoms. The molecule has 1 aliphatic heterocycles. The molecule has 7 rings (SSSR count). The topological polar surface area (TPSA) is 93.8 Å². The number of nitrogens with zero attached hydrogens (tertiary/aromatic N) is 1. The Kier molecular flexibility index (Phi) is 8.09. The van der Waals surface area contributed by atoms with Crippen LogP contribution in [0.1, 0.15) is 58.6 Å². The van der Waals surface area contributed by atoms with Gasteiger partial charge in [-0.1, -0.05) is 36.4 Å². The van der Waals surface area contributed by atoms with E-state index >= 15 is 0 Å². The van der Waals surface area contributed by atoms with Gasteiger partial charge in [0.05, 0.1) is 7.11 Å². The van der Waals surface area contributed by atoms with Gasteiger partial charge >= 0.3 is 5.97 Å². The number of piperidine rings is 1. The van der Waals surface area contributed by atoms with Gasteiger partial charge in [-0.15, -0.1) is 0 Å². The highest BCUT2D eigenvalue weighted by atomic mass is 16.5. The molecule has 1 aliphatic rings. The molecule has 4 aromatic carbocycles. The van der Waals surface area contributed by atoms with Crippen LogP contribution in [0.3, 0.4) is 0 Å². The Hall–Kier alpha value is -4.88. The Balaban J connectivity index is 1.33. The maximum Gasteiger partial charge on any atom is 0.341 e. The normalized spacial score (nSPS) is 14.6. The summed E-state index contributed by atoms with van der Waals surface area (Å²) in [4.78, 5) is 17.3. The average Bonchev–Trinajstić information content (AvgIpc) is 3.54. The van der Waals surface area contributed by atoms with E-state index in [1.807, 2.05) is 42.5 Å². The highest BCUT2D eigenvalue weighted by Gasteiger charge is 2.30. The van der Waals surface area contributed by atoms with Crippen LogP contribution in [-0.4, -0.2) is 36.3 Å². The molecule has 228 valence electrons. The van der Waals surface area contributed by atoms with Crippen LogP contribution in [0.5, 0.6) is 11.5 Å². The molecule has 1 saturated heterocycles. The minimum atomic E-state index is -0.504. The quantitative estimate of drug-likeness (QED) is 0.162. The number of aromatic hydroxyl groups is 1. The second-order valence-corrected chi connectivity index (χ2v) is 11.9. The number of hydrogen-bond donors (Lipinski definition) is 2. The molecule has 2 N–H and O–H groups in total. The number of hydrogen-bond acceptors (Lipinski definition) is 7. The monoisotopic (exact) mass is 600 g/mol. The fourth-order valence-corrected chi connectivity index (χ4v) is 6.83. The smallest absolute Gasteiger partial charge is 0.341 e. The summed E-state index contributed by atoms with van der Waals surface area (Å²) in [7, 11) is 1.36. The number of pyridine rings is 1. The zero-order valence-electron chi connectivity index (χ0n) is 25.3. The Morgan fingerprint density at radius 2 is 1.80 bits per heavy atom. The van der Waals surface area contributed by atoms with Gasteiger partial charge in [0, 0.05) is 40.0 Å². The first-order valence-electron chi connectivity index (χ1n) is 15.6. The number of furan rings is 1. The van der Waals surface area contributed by atoms with Crippen molar-refractivity contribution in [2.75, 3.05) is 20.2 Å². The van der Waals surface area contributed by atoms with E-state index in [9.17, 15) is 9.90 Å². The molecular formula is C38H36N2O5. The van der Waals surface area contributed by atoms with Gasteiger partial charge in [0.1, 0.15) is 35.5 Å². The number of benzene rings is 4. The van der Waals surface area contributed by atoms with Crippen LogP contribution >= 0.6 is 0 Å². The van der Waals surface area contributed by atoms with Gasteiger partial charge in [-0.3, -0.25) is 4.98 Å². The molecule has 0 radical (unpaired) electrons. The largest absolute Gasteiger partial charge is 0.507 e. The number of phenols is 1. The lowest BCUT2D eigenvalue weighted by Gasteiger charge is -2.26. The predicted octanol–water partition coefficient (Wildman–Crippen LogP) is 8.12. The van der Waals surface area contributed by atoms with Gasteiger partial charge in [-0.05, 0) is 103 Å². The van der Waals surface area contributed by atoms with E-state index in [0.29, 0.717) is 51.1 Å². The van der Waals surface area contributed by atoms with Crippen molar-refractivity contribution < 1.29 is 23.8 Å². The van der Waals surface area contributed by atoms with E-state index in [4.69, 9.17) is 13.9 Å². The Morgan fingerprint density at radius 3 is 2.60 bits per heavy atom. The van der Waals surface area contributed by atoms with Gasteiger partial charge in [-0.2, -0.15) is 0 Å². The summed E-state index contributed by atoms with van der Waals surface area (Å²) in [6, 6.07) is 24.2. The predicted molar refractivity (Wildman–Crippen MR) is 176 cm³/mol. The number of esters is 1. The van der Waals surface area contributed by atoms with Crippen LogP contribution in [0.15, 0.2) is 95.9 Å². The summed E-state index contributed by atoms with van der Waals surface area (Å²) in [5.41, 5.74) is 3.59. The lowest BCUT2D eigenvalue weighted by molar-refractivity contribution is 0.0602. The number of fused-ring (bicyclic) bond motifs is 4. The molecule has 7 heteroatoms. The Bertz CT molecular complexity index is 1980. The summed E-state index contributed by atoms with van der Waals surface area (Å²) < 4.78 is 17.5. The number of phenolic OH excluding ortho intramolecular Hbond substituents is 1. The van der Waals surface area contributed by atoms with Crippen molar-refractivity contribution in [3.63, 3.8) is 0 Å². The van der Waals surface area contributed by atoms with E-state index < -0.39 is 5.97 Å². The summed E-state index contributed by atoms with van der Waals surface area (Å²) in [5.74, 6) is 0.639. The second kappa shape index (κ2) is 12.6. The summed E-state index contributed by atoms with van der Waals surface area (Å²) in [5, 5.41) is 19.9. The van der Waals surface area contributed by atoms with E-state index in [0.717, 1.165) is 55.3 Å². The zero-order valence-corrected chi connectivity index (χ0v) is 25.3. The van der Waals surface area contributed by atoms with Crippen molar-refractivity contribution in [2.45, 2.75) is 38.2 Å². The molecule has 45 heavy (non-hydrogen) atoms. The van der Waals surface area contributed by atoms with Gasteiger partial charge < -0.3 is 24.3 Å². The fraction of sp³-hybridized carbons (Fsp3) is 0.263. The summed E-state index contributed by atoms with van der Waals surface area (Å²) in [6.45, 7) is 2.42. The van der Waals surface area contributed by atoms with Crippen molar-refractivity contribution in [1.29, 1.82) is 0 Å². The maximum atomic E-state index is 13.0. The summed E-state index contributed by atoms with van der Waals surface area (Å²) >= 11 is 0. The number of methoxy groups -OCH3 is 1. The van der Waals surface area contributed by atoms with E-state index in [2.05, 4.69) is 40.6 Å². The van der Waals surface area contributed by atoms with Crippen molar-refractivity contribution in [2.24, 2.45) is 5.92 Å². The zero-order chi connectivity index (χ0) is 30.8. The molecule has 6 aromatic rings. The Morgan fingerprint density at radius 1 is 1.00 bits per heavy atom. The second-order valence-electron chi connectivity index (χ2n) is 11.9. The van der Waals surface area contributed by atoms with Crippen LogP contribution in [0.4, 0.5) is 0 Å². The molecule has 7 nitrogen and oxygen atoms in total. The molecule has 2 aromatic heterocycles. The third-order valence-corrected chi connectivity index (χ3v) is 9.21. The average molecular weight is 601 g/mol. The maximum absolute atomic E-state index is 13.0. The van der Waals surface area contributed by atoms with Gasteiger partial charge in [-0.25, -0.2) is 4.79 Å². The first kappa shape index (κ1) is 28.9. The first-order valence-corrected chi connectivity index (χ1v) is 15.6. The molecule has 0 aliphatic carbocycles. The van der Waals surface area contributed by atoms with E-state index in [-0.39, 0.29) is 11.7 Å². The lowest BCUT2D eigenvalue weighted by Crippen LogP contribution is -2.27. The van der Waals surface area contributed by atoms with Gasteiger partial charge in [0.2, 0.25) is 0 Å². The Labute approximate surface area is 261 Å². The van der Waals surface area contributed by atoms with E-state index in [1.165, 1.54) is 18.8 Å². The highest BCUT2D eigenvalue weighted by Crippen LogP contribution is 2.48. The molecule has 1 atom stereocenters. The number of ether oxygens (including phenoxy) is 2. The SMILES string of the molecule is COC(=O)c1coc2c1c(C(CCC1CCNCC1)c1ccncc1)c(O)c1cc(OCc3ccc4ccccc4c3)ccc12. The molecule has 0 spiro atoms. The molecule has 1 unspecified atom stereocenters. The molecule has 1 fully saturated rings. The number of carbonyl (C=O) groups is 1. The van der Waals surface area contributed by atoms with Crippen LogP contribution in [-0.2, 0) is 11.3 Å². The number of nitrogens with one attached hydrogen (secondary N) is 1. The highest BCUT2D eigenvalue weighted by molar-refractivity contribution is 6.16. The molecule has 0 saturated carbocycles. The first-order chi connectivity index (χ1) is 22.1. The van der Waals surface area contributed by atoms with Crippen LogP contribution < -0.4 is 10.1 Å². The van der Waals surface area contributed by atoms with Crippen molar-refractivity contribution in [3.05, 3.63) is 114 Å². The third-order valence-electron chi connectivity index (χ3n) is 9.21. The molecule has 0 amide bonds. The van der Waals surface area contributed by atoms with Gasteiger partial charge in [0.25, 0.3) is 0 Å². The van der Waals surface area contributed by atoms with Crippen molar-refractivity contribution >= 4 is 38.5 Å². The number of carbonyl (C=O) groups excluding carboxylic acids is 1. The standard InChI is InChI=1S/C38H36N2O5/c1-43-38(42)33-23-45-37-31-11-9-29(44-22-25-6-8-26-4-2-3-5-28(26)20-25)21-32(31)36(41)34(35(33)37)30(27-14-18-40-19-15-27)10-7-24-12-16-39-17-13-24/h2-6,8-9,11,14-15,18-21,23-24,30,39,41H,7,10,12-13,16-17,22H2,1H3. The summed E-state index contributed by atoms with van der Waals surface area (Å²) in [6.07, 6.45) is 9.04. The molecule has 3 heterocycles. The minimum Gasteiger partial charge on any atom is -0.507 e. The minimum absolute atomic E-state index is 0.118. The molecular weight excluding hydrogens is 564 g/mol. The fourth-order valence-electron chi connectivity index (χ4n) is 6.83. The lowest BCUT2D eigenvalue weighted by atomic mass is 9.80. The van der Waals surface area contributed by atoms with Crippen molar-refractivity contribution in [3.8, 4) is 11.5 Å². The van der Waals surface area contributed by atoms with Crippen LogP contribution in [0, 0.1) is 5.92 Å².